The van der Waals surface area contributed by atoms with Crippen LogP contribution >= 0.6 is 22.6 Å². The van der Waals surface area contributed by atoms with Gasteiger partial charge in [0.15, 0.2) is 0 Å². The number of aromatic nitrogens is 1. The molecule has 1 atom stereocenters. The number of esters is 1. The molecule has 0 N–H and O–H groups in total. The lowest BCUT2D eigenvalue weighted by atomic mass is 9.92. The molecule has 110 valence electrons. The lowest BCUT2D eigenvalue weighted by Crippen LogP contribution is -2.04. The van der Waals surface area contributed by atoms with E-state index in [1.54, 1.807) is 18.5 Å². The topological polar surface area (TPSA) is 39.2 Å². The van der Waals surface area contributed by atoms with E-state index in [-0.39, 0.29) is 5.97 Å². The van der Waals surface area contributed by atoms with E-state index in [4.69, 9.17) is 4.74 Å². The molecule has 1 unspecified atom stereocenters. The minimum atomic E-state index is -0.327. The van der Waals surface area contributed by atoms with Crippen LogP contribution < -0.4 is 0 Å². The smallest absolute Gasteiger partial charge is 0.338 e. The van der Waals surface area contributed by atoms with E-state index >= 15 is 0 Å². The summed E-state index contributed by atoms with van der Waals surface area (Å²) >= 11 is 2.34. The average Bonchev–Trinajstić information content (AvgIpc) is 2.47. The van der Waals surface area contributed by atoms with E-state index in [1.165, 1.54) is 16.3 Å². The zero-order valence-electron chi connectivity index (χ0n) is 12.2. The minimum absolute atomic E-state index is 0.327. The third kappa shape index (κ3) is 4.52. The van der Waals surface area contributed by atoms with E-state index < -0.39 is 0 Å². The van der Waals surface area contributed by atoms with E-state index in [2.05, 4.69) is 52.7 Å². The van der Waals surface area contributed by atoms with Crippen LogP contribution in [-0.2, 0) is 4.74 Å². The van der Waals surface area contributed by atoms with Gasteiger partial charge in [0.2, 0.25) is 0 Å². The first kappa shape index (κ1) is 15.9. The number of rotatable bonds is 4. The molecule has 1 aliphatic carbocycles. The van der Waals surface area contributed by atoms with Crippen molar-refractivity contribution in [2.75, 3.05) is 7.11 Å². The van der Waals surface area contributed by atoms with Gasteiger partial charge in [-0.15, -0.1) is 0 Å². The van der Waals surface area contributed by atoms with Gasteiger partial charge in [0.25, 0.3) is 0 Å². The first-order valence-electron chi connectivity index (χ1n) is 6.83. The maximum absolute atomic E-state index is 11.7. The Balaban J connectivity index is 2.16. The lowest BCUT2D eigenvalue weighted by Gasteiger charge is -2.15. The molecule has 0 amide bonds. The summed E-state index contributed by atoms with van der Waals surface area (Å²) < 4.78 is 6.09. The highest BCUT2D eigenvalue weighted by Gasteiger charge is 2.12. The fraction of sp³-hybridized carbons (Fsp3) is 0.294. The van der Waals surface area contributed by atoms with Gasteiger partial charge >= 0.3 is 5.97 Å². The molecule has 0 fully saturated rings. The Morgan fingerprint density at radius 2 is 2.38 bits per heavy atom. The summed E-state index contributed by atoms with van der Waals surface area (Å²) in [5.74, 6) is 0.197. The second kappa shape index (κ2) is 7.54. The zero-order chi connectivity index (χ0) is 15.2. The Morgan fingerprint density at radius 3 is 3.10 bits per heavy atom. The van der Waals surface area contributed by atoms with E-state index in [0.717, 1.165) is 18.4 Å². The highest BCUT2D eigenvalue weighted by molar-refractivity contribution is 14.1. The normalized spacial score (nSPS) is 18.3. The van der Waals surface area contributed by atoms with Gasteiger partial charge < -0.3 is 4.74 Å². The molecule has 0 spiro atoms. The number of pyridine rings is 1. The predicted octanol–water partition coefficient (Wildman–Crippen LogP) is 4.56. The quantitative estimate of drug-likeness (QED) is 0.555. The molecule has 21 heavy (non-hydrogen) atoms. The number of nitrogens with zero attached hydrogens (tertiary/aromatic N) is 1. The van der Waals surface area contributed by atoms with E-state index in [0.29, 0.717) is 11.5 Å². The molecule has 1 aliphatic rings. The minimum Gasteiger partial charge on any atom is -0.465 e. The van der Waals surface area contributed by atoms with Crippen molar-refractivity contribution < 1.29 is 9.53 Å². The summed E-state index contributed by atoms with van der Waals surface area (Å²) in [6.45, 7) is 2.09. The molecule has 3 nitrogen and oxygen atoms in total. The summed E-state index contributed by atoms with van der Waals surface area (Å²) in [6.07, 6.45) is 14.0. The summed E-state index contributed by atoms with van der Waals surface area (Å²) in [6, 6.07) is 1.69. The molecule has 2 rings (SSSR count). The van der Waals surface area contributed by atoms with Crippen molar-refractivity contribution in [1.29, 1.82) is 0 Å². The van der Waals surface area contributed by atoms with Crippen LogP contribution in [0.15, 0.2) is 45.8 Å². The van der Waals surface area contributed by atoms with Gasteiger partial charge in [0.1, 0.15) is 0 Å². The van der Waals surface area contributed by atoms with Crippen molar-refractivity contribution in [3.8, 4) is 0 Å². The summed E-state index contributed by atoms with van der Waals surface area (Å²) in [7, 11) is 1.39. The van der Waals surface area contributed by atoms with Gasteiger partial charge in [-0.25, -0.2) is 4.79 Å². The Bertz CT molecular complexity index is 617. The number of hydrogen-bond donors (Lipinski definition) is 0. The SMILES string of the molecule is COC(=O)c1ccncc1/C=C(\C)CC1C=C(I)C=CC1. The van der Waals surface area contributed by atoms with Crippen molar-refractivity contribution in [2.24, 2.45) is 5.92 Å². The van der Waals surface area contributed by atoms with Crippen molar-refractivity contribution in [3.63, 3.8) is 0 Å². The van der Waals surface area contributed by atoms with Crippen LogP contribution in [0.5, 0.6) is 0 Å². The summed E-state index contributed by atoms with van der Waals surface area (Å²) in [5, 5.41) is 0. The molecular formula is C17H18INO2. The van der Waals surface area contributed by atoms with Gasteiger partial charge in [-0.1, -0.05) is 29.9 Å². The molecule has 0 saturated carbocycles. The third-order valence-electron chi connectivity index (χ3n) is 3.35. The number of ether oxygens (including phenoxy) is 1. The van der Waals surface area contributed by atoms with Gasteiger partial charge in [-0.2, -0.15) is 0 Å². The van der Waals surface area contributed by atoms with Crippen molar-refractivity contribution >= 4 is 34.6 Å². The molecule has 4 heteroatoms. The van der Waals surface area contributed by atoms with Gasteiger partial charge in [-0.05, 0) is 54.3 Å². The second-order valence-corrected chi connectivity index (χ2v) is 6.34. The third-order valence-corrected chi connectivity index (χ3v) is 4.07. The molecule has 1 heterocycles. The van der Waals surface area contributed by atoms with Gasteiger partial charge in [0, 0.05) is 21.5 Å². The average molecular weight is 395 g/mol. The number of halogens is 1. The first-order chi connectivity index (χ1) is 10.1. The molecular weight excluding hydrogens is 377 g/mol. The van der Waals surface area contributed by atoms with Crippen LogP contribution in [0, 0.1) is 5.92 Å². The lowest BCUT2D eigenvalue weighted by molar-refractivity contribution is 0.0600. The van der Waals surface area contributed by atoms with Crippen LogP contribution in [0.25, 0.3) is 6.08 Å². The van der Waals surface area contributed by atoms with Crippen molar-refractivity contribution in [3.05, 3.63) is 57.0 Å². The molecule has 0 bridgehead atoms. The number of methoxy groups -OCH3 is 1. The van der Waals surface area contributed by atoms with E-state index in [9.17, 15) is 4.79 Å². The molecule has 0 radical (unpaired) electrons. The fourth-order valence-corrected chi connectivity index (χ4v) is 3.16. The number of allylic oxidation sites excluding steroid dienone is 5. The summed E-state index contributed by atoms with van der Waals surface area (Å²) in [5.41, 5.74) is 2.60. The zero-order valence-corrected chi connectivity index (χ0v) is 14.3. The second-order valence-electron chi connectivity index (χ2n) is 5.10. The highest BCUT2D eigenvalue weighted by Crippen LogP contribution is 2.27. The number of hydrogen-bond acceptors (Lipinski definition) is 3. The number of carbonyl (C=O) groups excluding carboxylic acids is 1. The van der Waals surface area contributed by atoms with E-state index in [1.807, 2.05) is 6.08 Å². The standard InChI is InChI=1S/C17H18INO2/c1-12(8-13-4-3-5-15(18)10-13)9-14-11-19-7-6-16(14)17(20)21-2/h3,5-7,9-11,13H,4,8H2,1-2H3/b12-9+. The van der Waals surface area contributed by atoms with Crippen molar-refractivity contribution in [2.45, 2.75) is 19.8 Å². The van der Waals surface area contributed by atoms with Crippen LogP contribution in [-0.4, -0.2) is 18.1 Å². The maximum Gasteiger partial charge on any atom is 0.338 e. The van der Waals surface area contributed by atoms with Crippen LogP contribution in [0.1, 0.15) is 35.7 Å². The fourth-order valence-electron chi connectivity index (χ4n) is 2.40. The molecule has 1 aromatic rings. The van der Waals surface area contributed by atoms with Gasteiger partial charge in [0.05, 0.1) is 12.7 Å². The Labute approximate surface area is 138 Å². The Kier molecular flexibility index (Phi) is 5.73. The van der Waals surface area contributed by atoms with Crippen LogP contribution in [0.3, 0.4) is 0 Å². The molecule has 0 aromatic carbocycles. The Morgan fingerprint density at radius 1 is 1.57 bits per heavy atom. The number of carbonyl (C=O) groups is 1. The molecule has 1 aromatic heterocycles. The largest absolute Gasteiger partial charge is 0.465 e. The van der Waals surface area contributed by atoms with Crippen LogP contribution in [0.2, 0.25) is 0 Å². The predicted molar refractivity (Wildman–Crippen MR) is 93.2 cm³/mol. The van der Waals surface area contributed by atoms with Crippen LogP contribution in [0.4, 0.5) is 0 Å². The molecule has 0 saturated heterocycles. The first-order valence-corrected chi connectivity index (χ1v) is 7.91. The Hall–Kier alpha value is -1.43. The van der Waals surface area contributed by atoms with Gasteiger partial charge in [-0.3, -0.25) is 4.98 Å². The molecule has 0 aliphatic heterocycles. The monoisotopic (exact) mass is 395 g/mol. The maximum atomic E-state index is 11.7. The summed E-state index contributed by atoms with van der Waals surface area (Å²) in [4.78, 5) is 15.8. The van der Waals surface area contributed by atoms with Crippen molar-refractivity contribution in [1.82, 2.24) is 4.98 Å². The highest BCUT2D eigenvalue weighted by atomic mass is 127.